The van der Waals surface area contributed by atoms with Gasteiger partial charge < -0.3 is 9.80 Å². The van der Waals surface area contributed by atoms with Crippen LogP contribution in [0.1, 0.15) is 55.7 Å². The topological polar surface area (TPSA) is 6.48 Å². The summed E-state index contributed by atoms with van der Waals surface area (Å²) in [5, 5.41) is 1.06. The van der Waals surface area contributed by atoms with E-state index in [1.54, 1.807) is 0 Å². The van der Waals surface area contributed by atoms with Crippen LogP contribution in [0.3, 0.4) is 0 Å². The molecule has 0 amide bonds. The van der Waals surface area contributed by atoms with E-state index in [0.29, 0.717) is 11.6 Å². The first kappa shape index (κ1) is 17.9. The third-order valence-electron chi connectivity index (χ3n) is 8.18. The summed E-state index contributed by atoms with van der Waals surface area (Å²) >= 11 is 6.24. The monoisotopic (exact) mass is 402 g/mol. The van der Waals surface area contributed by atoms with Crippen molar-refractivity contribution >= 4 is 23.0 Å². The number of aryl methyl sites for hydroxylation is 1. The fourth-order valence-corrected chi connectivity index (χ4v) is 7.81. The molecule has 7 rings (SSSR count). The molecule has 0 aromatic heterocycles. The zero-order valence-corrected chi connectivity index (χ0v) is 18.1. The first-order chi connectivity index (χ1) is 14.1. The molecule has 0 N–H and O–H groups in total. The number of benzene rings is 2. The normalized spacial score (nSPS) is 35.6. The number of rotatable bonds is 3. The van der Waals surface area contributed by atoms with E-state index in [9.17, 15) is 0 Å². The van der Waals surface area contributed by atoms with E-state index in [2.05, 4.69) is 71.3 Å². The van der Waals surface area contributed by atoms with Crippen LogP contribution in [-0.4, -0.2) is 22.1 Å². The molecule has 2 aromatic rings. The van der Waals surface area contributed by atoms with Crippen LogP contribution in [0.4, 0.5) is 5.69 Å². The Morgan fingerprint density at radius 1 is 0.828 bits per heavy atom. The highest BCUT2D eigenvalue weighted by Crippen LogP contribution is 2.59. The molecule has 0 radical (unpaired) electrons. The van der Waals surface area contributed by atoms with Gasteiger partial charge in [0.15, 0.2) is 5.11 Å². The van der Waals surface area contributed by atoms with Gasteiger partial charge in [-0.1, -0.05) is 48.0 Å². The van der Waals surface area contributed by atoms with Crippen molar-refractivity contribution in [1.29, 1.82) is 0 Å². The minimum Gasteiger partial charge on any atom is -0.341 e. The second kappa shape index (κ2) is 6.57. The second-order valence-electron chi connectivity index (χ2n) is 10.2. The van der Waals surface area contributed by atoms with Crippen LogP contribution in [0.25, 0.3) is 0 Å². The molecule has 4 saturated carbocycles. The van der Waals surface area contributed by atoms with Crippen molar-refractivity contribution in [2.45, 2.75) is 57.0 Å². The van der Waals surface area contributed by atoms with Crippen molar-refractivity contribution < 1.29 is 0 Å². The maximum atomic E-state index is 6.24. The Hall–Kier alpha value is -1.87. The van der Waals surface area contributed by atoms with Crippen LogP contribution in [0.5, 0.6) is 0 Å². The van der Waals surface area contributed by atoms with Crippen LogP contribution in [0.2, 0.25) is 0 Å². The number of anilines is 1. The van der Waals surface area contributed by atoms with Gasteiger partial charge in [0.05, 0.1) is 6.04 Å². The van der Waals surface area contributed by atoms with Gasteiger partial charge in [-0.2, -0.15) is 0 Å². The van der Waals surface area contributed by atoms with E-state index in [4.69, 9.17) is 12.2 Å². The van der Waals surface area contributed by atoms with Gasteiger partial charge in [-0.3, -0.25) is 0 Å². The molecule has 1 heterocycles. The minimum atomic E-state index is 0.305. The average Bonchev–Trinajstić information content (AvgIpc) is 3.06. The molecule has 4 aliphatic carbocycles. The van der Waals surface area contributed by atoms with E-state index < -0.39 is 0 Å². The maximum absolute atomic E-state index is 6.24. The minimum absolute atomic E-state index is 0.305. The summed E-state index contributed by atoms with van der Waals surface area (Å²) in [6.07, 6.45) is 8.52. The van der Waals surface area contributed by atoms with Crippen molar-refractivity contribution in [3.8, 4) is 0 Å². The summed E-state index contributed by atoms with van der Waals surface area (Å²) in [5.74, 6) is 2.81. The largest absolute Gasteiger partial charge is 0.341 e. The Balaban J connectivity index is 1.40. The van der Waals surface area contributed by atoms with Gasteiger partial charge in [0.2, 0.25) is 0 Å². The summed E-state index contributed by atoms with van der Waals surface area (Å²) in [5.41, 5.74) is 4.23. The molecule has 1 saturated heterocycles. The van der Waals surface area contributed by atoms with Gasteiger partial charge in [-0.25, -0.2) is 0 Å². The lowest BCUT2D eigenvalue weighted by atomic mass is 9.52. The van der Waals surface area contributed by atoms with Crippen molar-refractivity contribution in [1.82, 2.24) is 4.90 Å². The van der Waals surface area contributed by atoms with Crippen molar-refractivity contribution in [2.75, 3.05) is 11.4 Å². The molecule has 0 unspecified atom stereocenters. The van der Waals surface area contributed by atoms with Gasteiger partial charge in [-0.05, 0) is 93.1 Å². The molecule has 3 heteroatoms. The number of nitrogens with zero attached hydrogens (tertiary/aromatic N) is 2. The average molecular weight is 403 g/mol. The lowest BCUT2D eigenvalue weighted by Gasteiger charge is -2.60. The van der Waals surface area contributed by atoms with Crippen LogP contribution < -0.4 is 4.90 Å². The molecule has 2 nitrogen and oxygen atoms in total. The molecule has 1 aliphatic heterocycles. The lowest BCUT2D eigenvalue weighted by molar-refractivity contribution is -0.0589. The molecule has 0 spiro atoms. The van der Waals surface area contributed by atoms with Crippen LogP contribution >= 0.6 is 12.2 Å². The van der Waals surface area contributed by atoms with Gasteiger partial charge in [0, 0.05) is 17.8 Å². The number of thiocarbonyl (C=S) groups is 1. The molecular weight excluding hydrogens is 372 g/mol. The highest BCUT2D eigenvalue weighted by atomic mass is 32.1. The van der Waals surface area contributed by atoms with E-state index in [1.807, 2.05) is 0 Å². The van der Waals surface area contributed by atoms with Gasteiger partial charge in [0.25, 0.3) is 0 Å². The SMILES string of the molecule is Cc1ccc(N2C(=S)N(C34CC5CC(CC(C5)C3)C4)C[C@@H]2c2ccccc2)cc1. The molecule has 4 bridgehead atoms. The lowest BCUT2D eigenvalue weighted by Crippen LogP contribution is -2.60. The van der Waals surface area contributed by atoms with Gasteiger partial charge >= 0.3 is 0 Å². The zero-order valence-electron chi connectivity index (χ0n) is 17.3. The van der Waals surface area contributed by atoms with Crippen LogP contribution in [-0.2, 0) is 0 Å². The van der Waals surface area contributed by atoms with Crippen LogP contribution in [0.15, 0.2) is 54.6 Å². The van der Waals surface area contributed by atoms with E-state index in [-0.39, 0.29) is 0 Å². The summed E-state index contributed by atoms with van der Waals surface area (Å²) in [6.45, 7) is 3.19. The van der Waals surface area contributed by atoms with Crippen molar-refractivity contribution in [2.24, 2.45) is 17.8 Å². The van der Waals surface area contributed by atoms with Gasteiger partial charge in [0.1, 0.15) is 0 Å². The molecular formula is C26H30N2S. The van der Waals surface area contributed by atoms with E-state index in [0.717, 1.165) is 29.4 Å². The fourth-order valence-electron chi connectivity index (χ4n) is 7.31. The maximum Gasteiger partial charge on any atom is 0.177 e. The first-order valence-electron chi connectivity index (χ1n) is 11.3. The van der Waals surface area contributed by atoms with Crippen molar-refractivity contribution in [3.05, 3.63) is 65.7 Å². The second-order valence-corrected chi connectivity index (χ2v) is 10.5. The fraction of sp³-hybridized carbons (Fsp3) is 0.500. The Labute approximate surface area is 179 Å². The van der Waals surface area contributed by atoms with Crippen molar-refractivity contribution in [3.63, 3.8) is 0 Å². The number of hydrogen-bond donors (Lipinski definition) is 0. The van der Waals surface area contributed by atoms with Crippen LogP contribution in [0, 0.1) is 24.7 Å². The third kappa shape index (κ3) is 2.84. The molecule has 2 aromatic carbocycles. The van der Waals surface area contributed by atoms with Gasteiger partial charge in [-0.15, -0.1) is 0 Å². The molecule has 5 fully saturated rings. The Morgan fingerprint density at radius 2 is 1.41 bits per heavy atom. The quantitative estimate of drug-likeness (QED) is 0.572. The first-order valence-corrected chi connectivity index (χ1v) is 11.7. The Kier molecular flexibility index (Phi) is 4.06. The molecule has 150 valence electrons. The third-order valence-corrected chi connectivity index (χ3v) is 8.60. The highest BCUT2D eigenvalue weighted by molar-refractivity contribution is 7.80. The predicted octanol–water partition coefficient (Wildman–Crippen LogP) is 6.11. The summed E-state index contributed by atoms with van der Waals surface area (Å²) < 4.78 is 0. The van der Waals surface area contributed by atoms with E-state index in [1.165, 1.54) is 55.3 Å². The summed E-state index contributed by atoms with van der Waals surface area (Å²) in [4.78, 5) is 5.13. The zero-order chi connectivity index (χ0) is 19.6. The molecule has 29 heavy (non-hydrogen) atoms. The highest BCUT2D eigenvalue weighted by Gasteiger charge is 2.56. The standard InChI is InChI=1S/C26H30N2S/c1-18-7-9-23(10-8-18)28-24(22-5-3-2-4-6-22)17-27(25(28)29)26-14-19-11-20(15-26)13-21(12-19)16-26/h2-10,19-21,24H,11-17H2,1H3/t19?,20?,21?,24-,26?/m1/s1. The van der Waals surface area contributed by atoms with E-state index >= 15 is 0 Å². The number of hydrogen-bond acceptors (Lipinski definition) is 1. The summed E-state index contributed by atoms with van der Waals surface area (Å²) in [6, 6.07) is 20.2. The summed E-state index contributed by atoms with van der Waals surface area (Å²) in [7, 11) is 0. The predicted molar refractivity (Wildman–Crippen MR) is 123 cm³/mol. The molecule has 1 atom stereocenters. The smallest absolute Gasteiger partial charge is 0.177 e. The Bertz CT molecular complexity index is 884. The Morgan fingerprint density at radius 3 is 2.00 bits per heavy atom. The molecule has 5 aliphatic rings.